The van der Waals surface area contributed by atoms with Gasteiger partial charge in [0.2, 0.25) is 11.8 Å². The molecule has 0 unspecified atom stereocenters. The first kappa shape index (κ1) is 14.2. The zero-order chi connectivity index (χ0) is 14.7. The quantitative estimate of drug-likeness (QED) is 0.827. The van der Waals surface area contributed by atoms with Gasteiger partial charge in [-0.3, -0.25) is 9.59 Å². The third-order valence-electron chi connectivity index (χ3n) is 3.37. The average molecular weight is 276 g/mol. The van der Waals surface area contributed by atoms with Crippen LogP contribution in [0.15, 0.2) is 36.9 Å². The van der Waals surface area contributed by atoms with E-state index in [9.17, 15) is 14.0 Å². The number of carbonyl (C=O) groups excluding carboxylic acids is 2. The SMILES string of the molecule is C=CC(=O)N(C)CC(=O)N[C@@H]1C[C@H]1c1ccc(F)cc1. The number of rotatable bonds is 5. The summed E-state index contributed by atoms with van der Waals surface area (Å²) in [4.78, 5) is 24.3. The number of hydrogen-bond acceptors (Lipinski definition) is 2. The van der Waals surface area contributed by atoms with Crippen molar-refractivity contribution in [2.75, 3.05) is 13.6 Å². The van der Waals surface area contributed by atoms with Crippen LogP contribution in [0.3, 0.4) is 0 Å². The summed E-state index contributed by atoms with van der Waals surface area (Å²) in [7, 11) is 1.55. The molecular weight excluding hydrogens is 259 g/mol. The lowest BCUT2D eigenvalue weighted by Gasteiger charge is -2.14. The van der Waals surface area contributed by atoms with E-state index in [-0.39, 0.29) is 36.1 Å². The lowest BCUT2D eigenvalue weighted by molar-refractivity contribution is -0.131. The van der Waals surface area contributed by atoms with Crippen LogP contribution in [0.5, 0.6) is 0 Å². The number of halogens is 1. The van der Waals surface area contributed by atoms with Gasteiger partial charge in [0.1, 0.15) is 5.82 Å². The second-order valence-corrected chi connectivity index (χ2v) is 4.97. The molecule has 1 aliphatic rings. The van der Waals surface area contributed by atoms with Crippen molar-refractivity contribution in [2.45, 2.75) is 18.4 Å². The zero-order valence-electron chi connectivity index (χ0n) is 11.3. The maximum absolute atomic E-state index is 12.8. The normalized spacial score (nSPS) is 20.1. The third kappa shape index (κ3) is 3.44. The average Bonchev–Trinajstić information content (AvgIpc) is 3.17. The van der Waals surface area contributed by atoms with Crippen LogP contribution in [-0.4, -0.2) is 36.3 Å². The molecule has 5 heteroatoms. The van der Waals surface area contributed by atoms with Gasteiger partial charge in [0.05, 0.1) is 6.54 Å². The van der Waals surface area contributed by atoms with Crippen molar-refractivity contribution in [1.82, 2.24) is 10.2 Å². The topological polar surface area (TPSA) is 49.4 Å². The minimum Gasteiger partial charge on any atom is -0.351 e. The van der Waals surface area contributed by atoms with E-state index in [2.05, 4.69) is 11.9 Å². The summed E-state index contributed by atoms with van der Waals surface area (Å²) in [6.07, 6.45) is 2.02. The second-order valence-electron chi connectivity index (χ2n) is 4.97. The number of nitrogens with zero attached hydrogens (tertiary/aromatic N) is 1. The molecule has 2 atom stereocenters. The molecule has 1 saturated carbocycles. The Balaban J connectivity index is 1.81. The van der Waals surface area contributed by atoms with Gasteiger partial charge in [-0.1, -0.05) is 18.7 Å². The summed E-state index contributed by atoms with van der Waals surface area (Å²) >= 11 is 0. The molecule has 4 nitrogen and oxygen atoms in total. The Morgan fingerprint density at radius 3 is 2.70 bits per heavy atom. The molecule has 2 amide bonds. The van der Waals surface area contributed by atoms with Gasteiger partial charge in [0.25, 0.3) is 0 Å². The van der Waals surface area contributed by atoms with E-state index in [0.29, 0.717) is 0 Å². The molecular formula is C15H17FN2O2. The number of likely N-dealkylation sites (N-methyl/N-ethyl adjacent to an activating group) is 1. The minimum absolute atomic E-state index is 0.0114. The van der Waals surface area contributed by atoms with Crippen molar-refractivity contribution in [1.29, 1.82) is 0 Å². The van der Waals surface area contributed by atoms with Crippen LogP contribution in [0.4, 0.5) is 4.39 Å². The Hall–Kier alpha value is -2.17. The molecule has 1 aromatic carbocycles. The van der Waals surface area contributed by atoms with Crippen molar-refractivity contribution in [3.8, 4) is 0 Å². The Labute approximate surface area is 117 Å². The number of amides is 2. The molecule has 0 radical (unpaired) electrons. The predicted molar refractivity (Wildman–Crippen MR) is 73.5 cm³/mol. The molecule has 1 aliphatic carbocycles. The molecule has 0 heterocycles. The monoisotopic (exact) mass is 276 g/mol. The van der Waals surface area contributed by atoms with Crippen LogP contribution in [-0.2, 0) is 9.59 Å². The van der Waals surface area contributed by atoms with Gasteiger partial charge in [0.15, 0.2) is 0 Å². The lowest BCUT2D eigenvalue weighted by atomic mass is 10.1. The van der Waals surface area contributed by atoms with E-state index in [1.54, 1.807) is 19.2 Å². The van der Waals surface area contributed by atoms with E-state index < -0.39 is 0 Å². The number of carbonyl (C=O) groups is 2. The molecule has 106 valence electrons. The van der Waals surface area contributed by atoms with E-state index in [1.165, 1.54) is 23.1 Å². The minimum atomic E-state index is -0.286. The maximum atomic E-state index is 12.8. The standard InChI is InChI=1S/C15H17FN2O2/c1-3-15(20)18(2)9-14(19)17-13-8-12(13)10-4-6-11(16)7-5-10/h3-7,12-13H,1,8-9H2,2H3,(H,17,19)/t12-,13+/m0/s1. The lowest BCUT2D eigenvalue weighted by Crippen LogP contribution is -2.38. The molecule has 1 N–H and O–H groups in total. The van der Waals surface area contributed by atoms with Gasteiger partial charge in [-0.15, -0.1) is 0 Å². The molecule has 0 saturated heterocycles. The van der Waals surface area contributed by atoms with E-state index in [1.807, 2.05) is 0 Å². The maximum Gasteiger partial charge on any atom is 0.246 e. The Kier molecular flexibility index (Phi) is 4.17. The molecule has 0 bridgehead atoms. The Bertz CT molecular complexity index is 527. The van der Waals surface area contributed by atoms with Gasteiger partial charge in [-0.25, -0.2) is 4.39 Å². The van der Waals surface area contributed by atoms with Crippen molar-refractivity contribution >= 4 is 11.8 Å². The Morgan fingerprint density at radius 2 is 2.10 bits per heavy atom. The van der Waals surface area contributed by atoms with Crippen molar-refractivity contribution < 1.29 is 14.0 Å². The first-order chi connectivity index (χ1) is 9.51. The summed E-state index contributed by atoms with van der Waals surface area (Å²) in [5, 5.41) is 2.87. The number of hydrogen-bond donors (Lipinski definition) is 1. The molecule has 2 rings (SSSR count). The molecule has 0 aliphatic heterocycles. The Morgan fingerprint density at radius 1 is 1.45 bits per heavy atom. The second kappa shape index (κ2) is 5.86. The fourth-order valence-corrected chi connectivity index (χ4v) is 2.13. The summed E-state index contributed by atoms with van der Waals surface area (Å²) < 4.78 is 12.8. The summed E-state index contributed by atoms with van der Waals surface area (Å²) in [5.74, 6) is -0.511. The van der Waals surface area contributed by atoms with Crippen molar-refractivity contribution in [3.05, 3.63) is 48.3 Å². The van der Waals surface area contributed by atoms with Crippen LogP contribution in [0.1, 0.15) is 17.9 Å². The summed E-state index contributed by atoms with van der Waals surface area (Å²) in [6, 6.07) is 6.38. The summed E-state index contributed by atoms with van der Waals surface area (Å²) in [6.45, 7) is 3.38. The van der Waals surface area contributed by atoms with Crippen molar-refractivity contribution in [2.24, 2.45) is 0 Å². The van der Waals surface area contributed by atoms with Crippen LogP contribution < -0.4 is 5.32 Å². The predicted octanol–water partition coefficient (Wildman–Crippen LogP) is 1.44. The van der Waals surface area contributed by atoms with Crippen LogP contribution in [0.25, 0.3) is 0 Å². The third-order valence-corrected chi connectivity index (χ3v) is 3.37. The van der Waals surface area contributed by atoms with E-state index in [0.717, 1.165) is 12.0 Å². The van der Waals surface area contributed by atoms with Gasteiger partial charge in [-0.2, -0.15) is 0 Å². The van der Waals surface area contributed by atoms with Gasteiger partial charge < -0.3 is 10.2 Å². The van der Waals surface area contributed by atoms with Crippen LogP contribution >= 0.6 is 0 Å². The largest absolute Gasteiger partial charge is 0.351 e. The van der Waals surface area contributed by atoms with Gasteiger partial charge in [0, 0.05) is 19.0 Å². The van der Waals surface area contributed by atoms with Crippen molar-refractivity contribution in [3.63, 3.8) is 0 Å². The molecule has 0 aromatic heterocycles. The molecule has 1 fully saturated rings. The molecule has 0 spiro atoms. The fourth-order valence-electron chi connectivity index (χ4n) is 2.13. The highest BCUT2D eigenvalue weighted by Gasteiger charge is 2.39. The zero-order valence-corrected chi connectivity index (χ0v) is 11.3. The van der Waals surface area contributed by atoms with Gasteiger partial charge in [-0.05, 0) is 30.2 Å². The van der Waals surface area contributed by atoms with Gasteiger partial charge >= 0.3 is 0 Å². The van der Waals surface area contributed by atoms with E-state index >= 15 is 0 Å². The fraction of sp³-hybridized carbons (Fsp3) is 0.333. The molecule has 1 aromatic rings. The number of nitrogens with one attached hydrogen (secondary N) is 1. The highest BCUT2D eigenvalue weighted by Crippen LogP contribution is 2.40. The van der Waals surface area contributed by atoms with Crippen LogP contribution in [0.2, 0.25) is 0 Å². The first-order valence-corrected chi connectivity index (χ1v) is 6.43. The molecule has 20 heavy (non-hydrogen) atoms. The first-order valence-electron chi connectivity index (χ1n) is 6.43. The highest BCUT2D eigenvalue weighted by molar-refractivity contribution is 5.90. The van der Waals surface area contributed by atoms with E-state index in [4.69, 9.17) is 0 Å². The number of benzene rings is 1. The summed E-state index contributed by atoms with van der Waals surface area (Å²) in [5.41, 5.74) is 1.02. The smallest absolute Gasteiger partial charge is 0.246 e. The van der Waals surface area contributed by atoms with Crippen LogP contribution in [0, 0.1) is 5.82 Å². The highest BCUT2D eigenvalue weighted by atomic mass is 19.1.